The van der Waals surface area contributed by atoms with Crippen molar-refractivity contribution in [3.8, 4) is 0 Å². The van der Waals surface area contributed by atoms with Crippen molar-refractivity contribution >= 4 is 8.56 Å². The average Bonchev–Trinajstić information content (AvgIpc) is 2.35. The Kier molecular flexibility index (Phi) is 8.14. The Bertz CT molecular complexity index is 199. The minimum Gasteiger partial charge on any atom is -0.394 e. The lowest BCUT2D eigenvalue weighted by molar-refractivity contribution is -0.0359. The van der Waals surface area contributed by atoms with Crippen LogP contribution < -0.4 is 0 Å². The van der Waals surface area contributed by atoms with Gasteiger partial charge >= 0.3 is 8.56 Å². The number of ether oxygens (including phenoxy) is 1. The molecule has 3 nitrogen and oxygen atoms in total. The van der Waals surface area contributed by atoms with Crippen molar-refractivity contribution in [3.05, 3.63) is 0 Å². The molecule has 18 heavy (non-hydrogen) atoms. The Morgan fingerprint density at radius 2 is 1.67 bits per heavy atom. The molecule has 0 radical (unpaired) electrons. The normalized spacial score (nSPS) is 16.8. The molecular weight excluding hydrogens is 244 g/mol. The second kappa shape index (κ2) is 9.07. The highest BCUT2D eigenvalue weighted by Crippen LogP contribution is 2.25. The molecule has 0 unspecified atom stereocenters. The monoisotopic (exact) mass is 274 g/mol. The molecule has 0 bridgehead atoms. The van der Waals surface area contributed by atoms with Gasteiger partial charge in [0.25, 0.3) is 0 Å². The van der Waals surface area contributed by atoms with Crippen molar-refractivity contribution in [1.29, 1.82) is 0 Å². The van der Waals surface area contributed by atoms with Crippen molar-refractivity contribution in [1.82, 2.24) is 0 Å². The minimum absolute atomic E-state index is 0.797. The first kappa shape index (κ1) is 16.2. The zero-order valence-electron chi connectivity index (χ0n) is 12.4. The van der Waals surface area contributed by atoms with E-state index in [1.165, 1.54) is 12.8 Å². The molecule has 0 aromatic carbocycles. The third-order valence-corrected chi connectivity index (χ3v) is 7.21. The Morgan fingerprint density at radius 1 is 1.06 bits per heavy atom. The van der Waals surface area contributed by atoms with E-state index >= 15 is 0 Å². The lowest BCUT2D eigenvalue weighted by Crippen LogP contribution is -2.42. The maximum absolute atomic E-state index is 6.15. The minimum atomic E-state index is -1.91. The van der Waals surface area contributed by atoms with Gasteiger partial charge in [-0.3, -0.25) is 0 Å². The summed E-state index contributed by atoms with van der Waals surface area (Å²) >= 11 is 0. The summed E-state index contributed by atoms with van der Waals surface area (Å²) in [6, 6.07) is 2.23. The van der Waals surface area contributed by atoms with Gasteiger partial charge in [0, 0.05) is 19.1 Å². The summed E-state index contributed by atoms with van der Waals surface area (Å²) in [5, 5.41) is 0. The number of hydrogen-bond acceptors (Lipinski definition) is 3. The smallest absolute Gasteiger partial charge is 0.337 e. The standard InChI is InChI=1S/C14H30O3Si/c1-4-9-16-18(6-3,17-10-5-2)11-7-8-14-12-15-13-14/h14H,4-13H2,1-3H3. The van der Waals surface area contributed by atoms with Crippen LogP contribution in [0.25, 0.3) is 0 Å². The summed E-state index contributed by atoms with van der Waals surface area (Å²) in [5.41, 5.74) is 0. The molecule has 0 saturated carbocycles. The summed E-state index contributed by atoms with van der Waals surface area (Å²) in [7, 11) is -1.91. The van der Waals surface area contributed by atoms with Gasteiger partial charge in [0.1, 0.15) is 0 Å². The van der Waals surface area contributed by atoms with Crippen LogP contribution in [0.2, 0.25) is 12.1 Å². The van der Waals surface area contributed by atoms with E-state index in [4.69, 9.17) is 13.6 Å². The molecular formula is C14H30O3Si. The average molecular weight is 274 g/mol. The van der Waals surface area contributed by atoms with Crippen LogP contribution in [0.15, 0.2) is 0 Å². The van der Waals surface area contributed by atoms with Crippen molar-refractivity contribution < 1.29 is 13.6 Å². The molecule has 1 saturated heterocycles. The molecule has 1 aliphatic heterocycles. The SMILES string of the molecule is CCCO[Si](CC)(CCCC1COC1)OCCC. The molecule has 1 rings (SSSR count). The number of rotatable bonds is 11. The molecule has 0 spiro atoms. The van der Waals surface area contributed by atoms with Gasteiger partial charge in [0.05, 0.1) is 13.2 Å². The molecule has 0 amide bonds. The van der Waals surface area contributed by atoms with Crippen LogP contribution >= 0.6 is 0 Å². The molecule has 0 N–H and O–H groups in total. The zero-order valence-corrected chi connectivity index (χ0v) is 13.4. The molecule has 1 aliphatic rings. The van der Waals surface area contributed by atoms with Crippen molar-refractivity contribution in [2.75, 3.05) is 26.4 Å². The van der Waals surface area contributed by atoms with E-state index in [1.807, 2.05) is 0 Å². The summed E-state index contributed by atoms with van der Waals surface area (Å²) in [6.07, 6.45) is 4.68. The van der Waals surface area contributed by atoms with Crippen LogP contribution in [-0.4, -0.2) is 35.0 Å². The van der Waals surface area contributed by atoms with E-state index in [0.29, 0.717) is 0 Å². The molecule has 1 heterocycles. The Balaban J connectivity index is 2.33. The van der Waals surface area contributed by atoms with Gasteiger partial charge in [-0.2, -0.15) is 0 Å². The molecule has 0 atom stereocenters. The highest BCUT2D eigenvalue weighted by molar-refractivity contribution is 6.67. The zero-order chi connectivity index (χ0) is 13.3. The van der Waals surface area contributed by atoms with Crippen LogP contribution in [0.1, 0.15) is 46.5 Å². The van der Waals surface area contributed by atoms with Gasteiger partial charge in [-0.15, -0.1) is 0 Å². The second-order valence-electron chi connectivity index (χ2n) is 5.26. The van der Waals surface area contributed by atoms with Crippen LogP contribution in [0.5, 0.6) is 0 Å². The first-order valence-electron chi connectivity index (χ1n) is 7.62. The van der Waals surface area contributed by atoms with E-state index in [0.717, 1.165) is 57.3 Å². The van der Waals surface area contributed by atoms with Gasteiger partial charge in [-0.05, 0) is 31.4 Å². The first-order chi connectivity index (χ1) is 8.76. The molecule has 0 aromatic heterocycles. The van der Waals surface area contributed by atoms with Crippen LogP contribution in [0, 0.1) is 5.92 Å². The summed E-state index contributed by atoms with van der Waals surface area (Å²) in [6.45, 7) is 10.2. The van der Waals surface area contributed by atoms with E-state index in [-0.39, 0.29) is 0 Å². The topological polar surface area (TPSA) is 27.7 Å². The van der Waals surface area contributed by atoms with Crippen molar-refractivity contribution in [2.24, 2.45) is 5.92 Å². The fourth-order valence-corrected chi connectivity index (χ4v) is 5.28. The van der Waals surface area contributed by atoms with E-state index in [9.17, 15) is 0 Å². The van der Waals surface area contributed by atoms with Crippen molar-refractivity contribution in [2.45, 2.75) is 58.5 Å². The molecule has 4 heteroatoms. The van der Waals surface area contributed by atoms with E-state index < -0.39 is 8.56 Å². The highest BCUT2D eigenvalue weighted by Gasteiger charge is 2.35. The van der Waals surface area contributed by atoms with Crippen LogP contribution in [-0.2, 0) is 13.6 Å². The van der Waals surface area contributed by atoms with Gasteiger partial charge in [-0.25, -0.2) is 0 Å². The van der Waals surface area contributed by atoms with E-state index in [2.05, 4.69) is 20.8 Å². The maximum Gasteiger partial charge on any atom is 0.337 e. The number of hydrogen-bond donors (Lipinski definition) is 0. The lowest BCUT2D eigenvalue weighted by atomic mass is 10.0. The lowest BCUT2D eigenvalue weighted by Gasteiger charge is -2.31. The third-order valence-electron chi connectivity index (χ3n) is 3.55. The summed E-state index contributed by atoms with van der Waals surface area (Å²) in [4.78, 5) is 0. The second-order valence-corrected chi connectivity index (χ2v) is 8.86. The third kappa shape index (κ3) is 5.39. The van der Waals surface area contributed by atoms with Crippen molar-refractivity contribution in [3.63, 3.8) is 0 Å². The van der Waals surface area contributed by atoms with Crippen LogP contribution in [0.4, 0.5) is 0 Å². The largest absolute Gasteiger partial charge is 0.394 e. The fourth-order valence-electron chi connectivity index (χ4n) is 2.25. The predicted molar refractivity (Wildman–Crippen MR) is 77.1 cm³/mol. The highest BCUT2D eigenvalue weighted by atomic mass is 28.4. The Labute approximate surface area is 113 Å². The summed E-state index contributed by atoms with van der Waals surface area (Å²) < 4.78 is 17.5. The molecule has 0 aromatic rings. The molecule has 108 valence electrons. The van der Waals surface area contributed by atoms with Gasteiger partial charge in [-0.1, -0.05) is 27.2 Å². The van der Waals surface area contributed by atoms with Crippen LogP contribution in [0.3, 0.4) is 0 Å². The predicted octanol–water partition coefficient (Wildman–Crippen LogP) is 3.73. The summed E-state index contributed by atoms with van der Waals surface area (Å²) in [5.74, 6) is 0.797. The van der Waals surface area contributed by atoms with Gasteiger partial charge in [0.2, 0.25) is 0 Å². The maximum atomic E-state index is 6.15. The first-order valence-corrected chi connectivity index (χ1v) is 9.85. The van der Waals surface area contributed by atoms with Gasteiger partial charge in [0.15, 0.2) is 0 Å². The fraction of sp³-hybridized carbons (Fsp3) is 1.00. The molecule has 1 fully saturated rings. The Morgan fingerprint density at radius 3 is 2.06 bits per heavy atom. The Hall–Kier alpha value is 0.0969. The van der Waals surface area contributed by atoms with E-state index in [1.54, 1.807) is 0 Å². The van der Waals surface area contributed by atoms with Gasteiger partial charge < -0.3 is 13.6 Å². The quantitative estimate of drug-likeness (QED) is 0.537. The molecule has 0 aliphatic carbocycles.